The van der Waals surface area contributed by atoms with Crippen molar-refractivity contribution < 1.29 is 35.9 Å². The first-order valence-corrected chi connectivity index (χ1v) is 5.10. The zero-order valence-electron chi connectivity index (χ0n) is 9.27. The van der Waals surface area contributed by atoms with Gasteiger partial charge in [0.1, 0.15) is 5.56 Å². The molecule has 0 amide bonds. The summed E-state index contributed by atoms with van der Waals surface area (Å²) in [5.41, 5.74) is 1.11. The largest absolute Gasteiger partial charge is 0.573 e. The summed E-state index contributed by atoms with van der Waals surface area (Å²) < 4.78 is 78.3. The number of aromatic nitrogens is 1. The van der Waals surface area contributed by atoms with Crippen molar-refractivity contribution in [3.63, 3.8) is 0 Å². The molecule has 0 aromatic carbocycles. The molecule has 0 bridgehead atoms. The van der Waals surface area contributed by atoms with Gasteiger partial charge in [-0.3, -0.25) is 4.79 Å². The van der Waals surface area contributed by atoms with Crippen LogP contribution in [0.1, 0.15) is 21.6 Å². The van der Waals surface area contributed by atoms with Gasteiger partial charge in [-0.1, -0.05) is 0 Å². The Morgan fingerprint density at radius 3 is 2.20 bits per heavy atom. The fourth-order valence-corrected chi connectivity index (χ4v) is 1.49. The summed E-state index contributed by atoms with van der Waals surface area (Å²) in [6, 6.07) is 0. The molecule has 0 unspecified atom stereocenters. The van der Waals surface area contributed by atoms with Crippen LogP contribution >= 0.6 is 11.6 Å². The van der Waals surface area contributed by atoms with Crippen molar-refractivity contribution in [2.45, 2.75) is 19.1 Å². The monoisotopic (exact) mass is 322 g/mol. The van der Waals surface area contributed by atoms with Crippen LogP contribution < -0.4 is 10.5 Å². The second kappa shape index (κ2) is 5.44. The molecule has 1 aromatic rings. The topological polar surface area (TPSA) is 65.2 Å². The lowest BCUT2D eigenvalue weighted by Crippen LogP contribution is -2.24. The lowest BCUT2D eigenvalue weighted by molar-refractivity contribution is -0.276. The van der Waals surface area contributed by atoms with Crippen LogP contribution in [0.25, 0.3) is 0 Å². The minimum absolute atomic E-state index is 0.516. The van der Waals surface area contributed by atoms with Crippen molar-refractivity contribution >= 4 is 16.8 Å². The first-order chi connectivity index (χ1) is 8.97. The van der Waals surface area contributed by atoms with E-state index >= 15 is 0 Å². The Morgan fingerprint density at radius 1 is 1.30 bits per heavy atom. The fraction of sp³-hybridized carbons (Fsp3) is 0.333. The molecule has 0 saturated heterocycles. The molecule has 0 saturated carbocycles. The number of nitrogens with two attached hydrogens (primary N) is 1. The summed E-state index contributed by atoms with van der Waals surface area (Å²) in [5.74, 6) is -1.81. The van der Waals surface area contributed by atoms with Gasteiger partial charge in [-0.05, 0) is 11.6 Å². The van der Waals surface area contributed by atoms with Crippen LogP contribution in [0.4, 0.5) is 26.3 Å². The van der Waals surface area contributed by atoms with Gasteiger partial charge in [0.05, 0.1) is 0 Å². The maximum Gasteiger partial charge on any atom is 0.573 e. The summed E-state index contributed by atoms with van der Waals surface area (Å²) >= 11 is 4.91. The van der Waals surface area contributed by atoms with Crippen LogP contribution in [-0.2, 0) is 12.7 Å². The molecule has 0 atom stereocenters. The van der Waals surface area contributed by atoms with Crippen molar-refractivity contribution in [1.29, 1.82) is 0 Å². The van der Waals surface area contributed by atoms with Gasteiger partial charge >= 0.3 is 12.5 Å². The standard InChI is InChI=1S/C9H5ClF6N2O2/c10-7(19)5-6(20-9(14,15)16)4(8(11,12)13)3(1-17)2-18-5/h2H,1,17H2. The Bertz CT molecular complexity index is 528. The van der Waals surface area contributed by atoms with E-state index in [1.807, 2.05) is 0 Å². The van der Waals surface area contributed by atoms with E-state index in [1.165, 1.54) is 0 Å². The van der Waals surface area contributed by atoms with Crippen LogP contribution in [0.5, 0.6) is 5.75 Å². The first-order valence-electron chi connectivity index (χ1n) is 4.72. The zero-order chi connectivity index (χ0) is 15.7. The summed E-state index contributed by atoms with van der Waals surface area (Å²) in [5, 5.41) is -1.63. The Balaban J connectivity index is 3.65. The van der Waals surface area contributed by atoms with Gasteiger partial charge in [0.15, 0.2) is 11.4 Å². The van der Waals surface area contributed by atoms with E-state index in [0.29, 0.717) is 6.20 Å². The third kappa shape index (κ3) is 3.73. The summed E-state index contributed by atoms with van der Waals surface area (Å²) in [7, 11) is 0. The molecule has 0 fully saturated rings. The SMILES string of the molecule is NCc1cnc(C(=O)Cl)c(OC(F)(F)F)c1C(F)(F)F. The van der Waals surface area contributed by atoms with Gasteiger partial charge in [0.2, 0.25) is 0 Å². The maximum absolute atomic E-state index is 12.8. The molecule has 0 spiro atoms. The first kappa shape index (κ1) is 16.5. The highest BCUT2D eigenvalue weighted by Gasteiger charge is 2.43. The van der Waals surface area contributed by atoms with Crippen LogP contribution in [0.15, 0.2) is 6.20 Å². The van der Waals surface area contributed by atoms with Crippen LogP contribution in [0.3, 0.4) is 0 Å². The number of rotatable bonds is 3. The van der Waals surface area contributed by atoms with Crippen molar-refractivity contribution in [3.05, 3.63) is 23.0 Å². The molecule has 0 radical (unpaired) electrons. The molecular weight excluding hydrogens is 318 g/mol. The Labute approximate surface area is 112 Å². The molecule has 20 heavy (non-hydrogen) atoms. The number of nitrogens with zero attached hydrogens (tertiary/aromatic N) is 1. The lowest BCUT2D eigenvalue weighted by atomic mass is 10.1. The summed E-state index contributed by atoms with van der Waals surface area (Å²) in [6.07, 6.45) is -10.2. The number of carbonyl (C=O) groups excluding carboxylic acids is 1. The average Bonchev–Trinajstić information content (AvgIpc) is 2.23. The maximum atomic E-state index is 12.8. The molecular formula is C9H5ClF6N2O2. The van der Waals surface area contributed by atoms with E-state index in [2.05, 4.69) is 9.72 Å². The number of carbonyl (C=O) groups is 1. The molecule has 4 nitrogen and oxygen atoms in total. The number of ether oxygens (including phenoxy) is 1. The number of pyridine rings is 1. The summed E-state index contributed by atoms with van der Waals surface area (Å²) in [4.78, 5) is 14.0. The van der Waals surface area contributed by atoms with Crippen molar-refractivity contribution in [3.8, 4) is 5.75 Å². The Hall–Kier alpha value is -1.55. The molecule has 1 heterocycles. The Kier molecular flexibility index (Phi) is 4.49. The van der Waals surface area contributed by atoms with Gasteiger partial charge in [0, 0.05) is 18.3 Å². The van der Waals surface area contributed by atoms with Gasteiger partial charge in [0.25, 0.3) is 5.24 Å². The molecule has 1 aromatic heterocycles. The molecule has 112 valence electrons. The highest BCUT2D eigenvalue weighted by Crippen LogP contribution is 2.42. The fourth-order valence-electron chi connectivity index (χ4n) is 1.35. The minimum atomic E-state index is -5.46. The van der Waals surface area contributed by atoms with Crippen LogP contribution in [-0.4, -0.2) is 16.6 Å². The van der Waals surface area contributed by atoms with E-state index in [1.54, 1.807) is 0 Å². The van der Waals surface area contributed by atoms with Crippen LogP contribution in [0.2, 0.25) is 0 Å². The van der Waals surface area contributed by atoms with E-state index in [4.69, 9.17) is 17.3 Å². The zero-order valence-corrected chi connectivity index (χ0v) is 10.0. The number of halogens is 7. The third-order valence-corrected chi connectivity index (χ3v) is 2.20. The van der Waals surface area contributed by atoms with Crippen molar-refractivity contribution in [2.24, 2.45) is 5.73 Å². The molecule has 1 rings (SSSR count). The molecule has 0 aliphatic carbocycles. The molecule has 0 aliphatic rings. The summed E-state index contributed by atoms with van der Waals surface area (Å²) in [6.45, 7) is -0.757. The quantitative estimate of drug-likeness (QED) is 0.686. The van der Waals surface area contributed by atoms with E-state index in [-0.39, 0.29) is 0 Å². The van der Waals surface area contributed by atoms with Crippen molar-refractivity contribution in [1.82, 2.24) is 4.98 Å². The molecule has 11 heteroatoms. The van der Waals surface area contributed by atoms with Gasteiger partial charge in [-0.15, -0.1) is 13.2 Å². The smallest absolute Gasteiger partial charge is 0.403 e. The lowest BCUT2D eigenvalue weighted by Gasteiger charge is -2.19. The predicted molar refractivity (Wildman–Crippen MR) is 54.0 cm³/mol. The second-order valence-corrected chi connectivity index (χ2v) is 3.70. The van der Waals surface area contributed by atoms with Gasteiger partial charge in [-0.2, -0.15) is 13.2 Å². The molecule has 2 N–H and O–H groups in total. The van der Waals surface area contributed by atoms with E-state index in [0.717, 1.165) is 0 Å². The second-order valence-electron chi connectivity index (χ2n) is 3.36. The van der Waals surface area contributed by atoms with Crippen LogP contribution in [0, 0.1) is 0 Å². The Morgan fingerprint density at radius 2 is 1.85 bits per heavy atom. The molecule has 0 aliphatic heterocycles. The van der Waals surface area contributed by atoms with Crippen molar-refractivity contribution in [2.75, 3.05) is 0 Å². The number of hydrogen-bond donors (Lipinski definition) is 1. The van der Waals surface area contributed by atoms with E-state index < -0.39 is 46.9 Å². The van der Waals surface area contributed by atoms with E-state index in [9.17, 15) is 31.1 Å². The minimum Gasteiger partial charge on any atom is -0.403 e. The predicted octanol–water partition coefficient (Wildman–Crippen LogP) is 2.84. The average molecular weight is 323 g/mol. The highest BCUT2D eigenvalue weighted by atomic mass is 35.5. The number of hydrogen-bond acceptors (Lipinski definition) is 4. The third-order valence-electron chi connectivity index (χ3n) is 2.02. The van der Waals surface area contributed by atoms with Gasteiger partial charge in [-0.25, -0.2) is 4.98 Å². The number of alkyl halides is 6. The highest BCUT2D eigenvalue weighted by molar-refractivity contribution is 6.67. The normalized spacial score (nSPS) is 12.4. The van der Waals surface area contributed by atoms with Gasteiger partial charge < -0.3 is 10.5 Å².